The van der Waals surface area contributed by atoms with Crippen LogP contribution in [0.15, 0.2) is 42.6 Å². The minimum atomic E-state index is -0.213. The molecule has 120 valence electrons. The number of anilines is 1. The van der Waals surface area contributed by atoms with Crippen LogP contribution in [0.3, 0.4) is 0 Å². The lowest BCUT2D eigenvalue weighted by Gasteiger charge is -2.15. The number of benzene rings is 1. The number of amides is 1. The van der Waals surface area contributed by atoms with E-state index in [1.54, 1.807) is 30.5 Å². The molecule has 2 aromatic rings. The molecule has 6 heteroatoms. The van der Waals surface area contributed by atoms with Crippen LogP contribution in [0.25, 0.3) is 6.08 Å². The number of carbonyl (C=O) groups is 1. The van der Waals surface area contributed by atoms with E-state index in [0.717, 1.165) is 11.4 Å². The van der Waals surface area contributed by atoms with E-state index >= 15 is 0 Å². The van der Waals surface area contributed by atoms with Crippen molar-refractivity contribution in [3.05, 3.63) is 63.8 Å². The van der Waals surface area contributed by atoms with Gasteiger partial charge in [0.2, 0.25) is 5.91 Å². The van der Waals surface area contributed by atoms with Crippen LogP contribution in [0.5, 0.6) is 0 Å². The Kier molecular flexibility index (Phi) is 6.02. The summed E-state index contributed by atoms with van der Waals surface area (Å²) in [6.07, 6.45) is 4.80. The number of hydrogen-bond acceptors (Lipinski definition) is 3. The quantitative estimate of drug-likeness (QED) is 0.835. The number of nitrogens with zero attached hydrogens (tertiary/aromatic N) is 2. The third kappa shape index (κ3) is 4.71. The summed E-state index contributed by atoms with van der Waals surface area (Å²) in [5.41, 5.74) is 1.64. The molecular weight excluding hydrogens is 333 g/mol. The van der Waals surface area contributed by atoms with Crippen LogP contribution in [0.4, 0.5) is 5.82 Å². The van der Waals surface area contributed by atoms with Crippen LogP contribution < -0.4 is 10.2 Å². The Morgan fingerprint density at radius 1 is 1.26 bits per heavy atom. The largest absolute Gasteiger partial charge is 0.362 e. The number of carbonyl (C=O) groups excluding carboxylic acids is 1. The molecule has 0 radical (unpaired) electrons. The lowest BCUT2D eigenvalue weighted by Crippen LogP contribution is -2.22. The van der Waals surface area contributed by atoms with Crippen LogP contribution in [0.1, 0.15) is 11.1 Å². The maximum atomic E-state index is 12.0. The number of rotatable bonds is 5. The van der Waals surface area contributed by atoms with Gasteiger partial charge in [0.25, 0.3) is 0 Å². The zero-order valence-corrected chi connectivity index (χ0v) is 14.4. The fourth-order valence-electron chi connectivity index (χ4n) is 2.03. The summed E-state index contributed by atoms with van der Waals surface area (Å²) < 4.78 is 0. The lowest BCUT2D eigenvalue weighted by molar-refractivity contribution is -0.116. The molecule has 1 aromatic carbocycles. The predicted molar refractivity (Wildman–Crippen MR) is 95.9 cm³/mol. The second-order valence-corrected chi connectivity index (χ2v) is 5.86. The van der Waals surface area contributed by atoms with Gasteiger partial charge >= 0.3 is 0 Å². The highest BCUT2D eigenvalue weighted by Crippen LogP contribution is 2.26. The topological polar surface area (TPSA) is 45.2 Å². The molecule has 23 heavy (non-hydrogen) atoms. The van der Waals surface area contributed by atoms with E-state index in [-0.39, 0.29) is 5.91 Å². The maximum Gasteiger partial charge on any atom is 0.244 e. The molecule has 1 heterocycles. The summed E-state index contributed by atoms with van der Waals surface area (Å²) >= 11 is 12.0. The number of nitrogens with one attached hydrogen (secondary N) is 1. The summed E-state index contributed by atoms with van der Waals surface area (Å²) in [4.78, 5) is 18.2. The van der Waals surface area contributed by atoms with Crippen molar-refractivity contribution in [1.29, 1.82) is 0 Å². The van der Waals surface area contributed by atoms with Crippen LogP contribution in [-0.2, 0) is 11.3 Å². The third-order valence-corrected chi connectivity index (χ3v) is 3.97. The van der Waals surface area contributed by atoms with Gasteiger partial charge in [-0.3, -0.25) is 4.79 Å². The fraction of sp³-hybridized carbons (Fsp3) is 0.176. The van der Waals surface area contributed by atoms with E-state index in [0.29, 0.717) is 22.2 Å². The van der Waals surface area contributed by atoms with Crippen molar-refractivity contribution in [2.75, 3.05) is 19.0 Å². The summed E-state index contributed by atoms with van der Waals surface area (Å²) in [6, 6.07) is 9.05. The van der Waals surface area contributed by atoms with Crippen LogP contribution in [0, 0.1) is 0 Å². The highest BCUT2D eigenvalue weighted by atomic mass is 35.5. The molecule has 0 saturated carbocycles. The molecule has 0 spiro atoms. The Morgan fingerprint density at radius 3 is 2.78 bits per heavy atom. The monoisotopic (exact) mass is 349 g/mol. The van der Waals surface area contributed by atoms with Gasteiger partial charge in [0.15, 0.2) is 0 Å². The Bertz CT molecular complexity index is 730. The van der Waals surface area contributed by atoms with Gasteiger partial charge in [0.05, 0.1) is 10.0 Å². The van der Waals surface area contributed by atoms with Gasteiger partial charge in [-0.25, -0.2) is 4.98 Å². The summed E-state index contributed by atoms with van der Waals surface area (Å²) in [5, 5.41) is 3.72. The predicted octanol–water partition coefficient (Wildman–Crippen LogP) is 3.78. The van der Waals surface area contributed by atoms with E-state index < -0.39 is 0 Å². The van der Waals surface area contributed by atoms with E-state index in [4.69, 9.17) is 23.2 Å². The molecule has 0 fully saturated rings. The van der Waals surface area contributed by atoms with Crippen LogP contribution >= 0.6 is 23.2 Å². The molecule has 0 aliphatic heterocycles. The van der Waals surface area contributed by atoms with E-state index in [1.807, 2.05) is 31.1 Å². The van der Waals surface area contributed by atoms with E-state index in [9.17, 15) is 4.79 Å². The van der Waals surface area contributed by atoms with Gasteiger partial charge in [0, 0.05) is 38.5 Å². The third-order valence-electron chi connectivity index (χ3n) is 3.14. The van der Waals surface area contributed by atoms with Crippen molar-refractivity contribution < 1.29 is 4.79 Å². The van der Waals surface area contributed by atoms with E-state index in [2.05, 4.69) is 10.3 Å². The Labute approximate surface area is 145 Å². The number of halogens is 2. The molecule has 0 aliphatic carbocycles. The summed E-state index contributed by atoms with van der Waals surface area (Å²) in [7, 11) is 3.82. The number of pyridine rings is 1. The van der Waals surface area contributed by atoms with Crippen molar-refractivity contribution in [3.8, 4) is 0 Å². The maximum absolute atomic E-state index is 12.0. The Morgan fingerprint density at radius 2 is 2.04 bits per heavy atom. The molecule has 1 amide bonds. The molecule has 0 unspecified atom stereocenters. The Hall–Kier alpha value is -2.04. The first-order valence-electron chi connectivity index (χ1n) is 7.00. The highest BCUT2D eigenvalue weighted by Gasteiger charge is 2.06. The normalized spacial score (nSPS) is 10.8. The van der Waals surface area contributed by atoms with Crippen LogP contribution in [0.2, 0.25) is 10.0 Å². The van der Waals surface area contributed by atoms with Crippen molar-refractivity contribution in [3.63, 3.8) is 0 Å². The second kappa shape index (κ2) is 7.99. The molecule has 1 N–H and O–H groups in total. The van der Waals surface area contributed by atoms with Crippen molar-refractivity contribution in [1.82, 2.24) is 10.3 Å². The molecule has 2 rings (SSSR count). The van der Waals surface area contributed by atoms with Crippen molar-refractivity contribution >= 4 is 41.0 Å². The highest BCUT2D eigenvalue weighted by molar-refractivity contribution is 6.42. The minimum absolute atomic E-state index is 0.213. The fourth-order valence-corrected chi connectivity index (χ4v) is 2.40. The average Bonchev–Trinajstić information content (AvgIpc) is 2.54. The molecule has 0 aliphatic rings. The summed E-state index contributed by atoms with van der Waals surface area (Å²) in [5.74, 6) is 0.615. The lowest BCUT2D eigenvalue weighted by atomic mass is 10.2. The van der Waals surface area contributed by atoms with Gasteiger partial charge in [-0.15, -0.1) is 0 Å². The second-order valence-electron chi connectivity index (χ2n) is 5.07. The van der Waals surface area contributed by atoms with Gasteiger partial charge < -0.3 is 10.2 Å². The van der Waals surface area contributed by atoms with Gasteiger partial charge in [0.1, 0.15) is 5.82 Å². The first-order valence-corrected chi connectivity index (χ1v) is 7.76. The van der Waals surface area contributed by atoms with Crippen molar-refractivity contribution in [2.24, 2.45) is 0 Å². The number of hydrogen-bond donors (Lipinski definition) is 1. The van der Waals surface area contributed by atoms with Crippen molar-refractivity contribution in [2.45, 2.75) is 6.54 Å². The average molecular weight is 350 g/mol. The first kappa shape index (κ1) is 17.3. The summed E-state index contributed by atoms with van der Waals surface area (Å²) in [6.45, 7) is 0.397. The molecule has 1 aromatic heterocycles. The molecule has 0 atom stereocenters. The Balaban J connectivity index is 2.01. The smallest absolute Gasteiger partial charge is 0.244 e. The van der Waals surface area contributed by atoms with E-state index in [1.165, 1.54) is 6.08 Å². The zero-order valence-electron chi connectivity index (χ0n) is 12.9. The molecular formula is C17H17Cl2N3O. The van der Waals surface area contributed by atoms with Gasteiger partial charge in [-0.1, -0.05) is 41.4 Å². The SMILES string of the molecule is CN(C)c1ncccc1CNC(=O)C=Cc1cccc(Cl)c1Cl. The molecule has 4 nitrogen and oxygen atoms in total. The molecule has 0 saturated heterocycles. The minimum Gasteiger partial charge on any atom is -0.362 e. The number of aromatic nitrogens is 1. The van der Waals surface area contributed by atoms with Crippen LogP contribution in [-0.4, -0.2) is 25.0 Å². The van der Waals surface area contributed by atoms with Gasteiger partial charge in [-0.05, 0) is 23.8 Å². The standard InChI is InChI=1S/C17H17Cl2N3O/c1-22(2)17-13(6-4-10-20-17)11-21-15(23)9-8-12-5-3-7-14(18)16(12)19/h3-10H,11H2,1-2H3,(H,21,23). The zero-order chi connectivity index (χ0) is 16.8. The molecule has 0 bridgehead atoms. The first-order chi connectivity index (χ1) is 11.0. The van der Waals surface area contributed by atoms with Gasteiger partial charge in [-0.2, -0.15) is 0 Å².